The lowest BCUT2D eigenvalue weighted by atomic mass is 9.87. The van der Waals surface area contributed by atoms with Gasteiger partial charge in [-0.2, -0.15) is 0 Å². The second kappa shape index (κ2) is 6.49. The Kier molecular flexibility index (Phi) is 4.04. The number of nitrogens with zero attached hydrogens (tertiary/aromatic N) is 2. The molecular weight excluding hydrogens is 302 g/mol. The molecule has 0 spiro atoms. The van der Waals surface area contributed by atoms with Crippen LogP contribution in [0.2, 0.25) is 0 Å². The van der Waals surface area contributed by atoms with Crippen LogP contribution in [0.15, 0.2) is 53.4 Å². The van der Waals surface area contributed by atoms with E-state index >= 15 is 0 Å². The Labute approximate surface area is 141 Å². The zero-order valence-corrected chi connectivity index (χ0v) is 13.5. The summed E-state index contributed by atoms with van der Waals surface area (Å²) in [6.45, 7) is 2.55. The molecule has 3 aliphatic heterocycles. The van der Waals surface area contributed by atoms with Crippen molar-refractivity contribution in [2.75, 3.05) is 19.6 Å². The predicted molar refractivity (Wildman–Crippen MR) is 93.3 cm³/mol. The lowest BCUT2D eigenvalue weighted by Gasteiger charge is -2.22. The first kappa shape index (κ1) is 15.0. The fraction of sp³-hybridized carbons (Fsp3) is 0.333. The van der Waals surface area contributed by atoms with Gasteiger partial charge in [0.05, 0.1) is 5.56 Å². The van der Waals surface area contributed by atoms with Crippen molar-refractivity contribution in [1.82, 2.24) is 16.2 Å². The molecule has 1 aromatic rings. The maximum atomic E-state index is 12.3. The largest absolute Gasteiger partial charge is 0.594 e. The van der Waals surface area contributed by atoms with Crippen molar-refractivity contribution >= 4 is 11.3 Å². The number of hydrogen-bond donors (Lipinski definition) is 3. The molecule has 0 amide bonds. The van der Waals surface area contributed by atoms with Crippen molar-refractivity contribution < 1.29 is 4.86 Å². The number of benzene rings is 1. The second-order valence-electron chi connectivity index (χ2n) is 6.27. The molecule has 1 fully saturated rings. The van der Waals surface area contributed by atoms with Gasteiger partial charge in [-0.3, -0.25) is 0 Å². The molecule has 24 heavy (non-hydrogen) atoms. The molecule has 0 aliphatic carbocycles. The van der Waals surface area contributed by atoms with Gasteiger partial charge in [0.1, 0.15) is 6.54 Å². The van der Waals surface area contributed by atoms with Gasteiger partial charge in [0.15, 0.2) is 0 Å². The monoisotopic (exact) mass is 323 g/mol. The maximum absolute atomic E-state index is 12.3. The normalized spacial score (nSPS) is 21.2. The Morgan fingerprint density at radius 2 is 1.96 bits per heavy atom. The molecule has 6 nitrogen and oxygen atoms in total. The first-order chi connectivity index (χ1) is 11.8. The Balaban J connectivity index is 1.71. The standard InChI is InChI=1S/C18H21N5O/c24-23-18(17(12-22-23)13-4-7-19-8-5-13)15-3-1-2-14(10-15)16-6-9-20-21-11-16/h1-3,6,9-11,13,19-21H,4-5,7-8,12H2. The van der Waals surface area contributed by atoms with Crippen LogP contribution < -0.4 is 16.2 Å². The van der Waals surface area contributed by atoms with E-state index < -0.39 is 0 Å². The van der Waals surface area contributed by atoms with Crippen molar-refractivity contribution in [3.8, 4) is 0 Å². The van der Waals surface area contributed by atoms with E-state index in [2.05, 4.69) is 33.4 Å². The topological polar surface area (TPSA) is 74.5 Å². The van der Waals surface area contributed by atoms with E-state index in [0.717, 1.165) is 53.2 Å². The molecule has 3 aliphatic rings. The van der Waals surface area contributed by atoms with Gasteiger partial charge < -0.3 is 21.4 Å². The summed E-state index contributed by atoms with van der Waals surface area (Å²) in [6.07, 6.45) is 7.92. The van der Waals surface area contributed by atoms with E-state index in [1.165, 1.54) is 5.57 Å². The molecule has 1 saturated heterocycles. The molecule has 4 rings (SSSR count). The summed E-state index contributed by atoms with van der Waals surface area (Å²) in [7, 11) is 0. The van der Waals surface area contributed by atoms with Crippen molar-refractivity contribution in [3.05, 3.63) is 64.6 Å². The Morgan fingerprint density at radius 3 is 2.75 bits per heavy atom. The zero-order valence-electron chi connectivity index (χ0n) is 13.5. The summed E-state index contributed by atoms with van der Waals surface area (Å²) in [4.78, 5) is 0.821. The van der Waals surface area contributed by atoms with E-state index in [9.17, 15) is 5.21 Å². The number of hydrogen-bond acceptors (Lipinski definition) is 5. The number of hydrazine groups is 1. The highest BCUT2D eigenvalue weighted by Crippen LogP contribution is 2.34. The van der Waals surface area contributed by atoms with E-state index in [1.54, 1.807) is 0 Å². The number of nitrogens with one attached hydrogen (secondary N) is 3. The molecule has 0 unspecified atom stereocenters. The Bertz CT molecular complexity index is 756. The molecule has 0 saturated carbocycles. The third-order valence-corrected chi connectivity index (χ3v) is 4.82. The summed E-state index contributed by atoms with van der Waals surface area (Å²) in [5, 5.41) is 19.8. The number of hydroxylamine groups is 1. The molecule has 6 heteroatoms. The van der Waals surface area contributed by atoms with Gasteiger partial charge in [-0.15, -0.1) is 0 Å². The van der Waals surface area contributed by atoms with Crippen LogP contribution in [0.1, 0.15) is 24.0 Å². The fourth-order valence-corrected chi connectivity index (χ4v) is 3.57. The molecule has 124 valence electrons. The van der Waals surface area contributed by atoms with E-state index in [0.29, 0.717) is 12.5 Å². The van der Waals surface area contributed by atoms with Gasteiger partial charge >= 0.3 is 0 Å². The van der Waals surface area contributed by atoms with Crippen LogP contribution in [-0.2, 0) is 0 Å². The first-order valence-electron chi connectivity index (χ1n) is 8.40. The van der Waals surface area contributed by atoms with E-state index in [-0.39, 0.29) is 0 Å². The Morgan fingerprint density at radius 1 is 1.12 bits per heavy atom. The number of piperidine rings is 1. The minimum atomic E-state index is 0.451. The SMILES string of the molecule is [O-][N+]1=NCC(C2CCNCC2)=C1c1cccc(C2=CNNC=C2)c1. The average Bonchev–Trinajstić information content (AvgIpc) is 3.05. The van der Waals surface area contributed by atoms with Crippen LogP contribution in [0, 0.1) is 11.1 Å². The number of allylic oxidation sites excluding steroid dienone is 2. The van der Waals surface area contributed by atoms with Gasteiger partial charge in [0, 0.05) is 23.5 Å². The second-order valence-corrected chi connectivity index (χ2v) is 6.27. The average molecular weight is 323 g/mol. The summed E-state index contributed by atoms with van der Waals surface area (Å²) in [5.41, 5.74) is 10.9. The van der Waals surface area contributed by atoms with Gasteiger partial charge in [0.25, 0.3) is 5.70 Å². The fourth-order valence-electron chi connectivity index (χ4n) is 3.57. The zero-order chi connectivity index (χ0) is 16.4. The lowest BCUT2D eigenvalue weighted by molar-refractivity contribution is -0.426. The summed E-state index contributed by atoms with van der Waals surface area (Å²) in [5.74, 6) is 0.451. The summed E-state index contributed by atoms with van der Waals surface area (Å²) in [6, 6.07) is 8.13. The molecule has 3 N–H and O–H groups in total. The van der Waals surface area contributed by atoms with Crippen LogP contribution in [-0.4, -0.2) is 24.5 Å². The third kappa shape index (κ3) is 2.80. The third-order valence-electron chi connectivity index (χ3n) is 4.82. The summed E-state index contributed by atoms with van der Waals surface area (Å²) < 4.78 is 0. The van der Waals surface area contributed by atoms with Crippen molar-refractivity contribution in [2.45, 2.75) is 12.8 Å². The van der Waals surface area contributed by atoms with E-state index in [1.807, 2.05) is 30.6 Å². The smallest absolute Gasteiger partial charge is 0.253 e. The van der Waals surface area contributed by atoms with Gasteiger partial charge in [-0.05, 0) is 60.7 Å². The van der Waals surface area contributed by atoms with Crippen molar-refractivity contribution in [2.24, 2.45) is 11.0 Å². The van der Waals surface area contributed by atoms with E-state index in [4.69, 9.17) is 0 Å². The van der Waals surface area contributed by atoms with Gasteiger partial charge in [-0.25, -0.2) is 0 Å². The highest BCUT2D eigenvalue weighted by atomic mass is 16.5. The molecule has 3 heterocycles. The molecule has 1 aromatic carbocycles. The van der Waals surface area contributed by atoms with Gasteiger partial charge in [-0.1, -0.05) is 17.0 Å². The van der Waals surface area contributed by atoms with Gasteiger partial charge in [0.2, 0.25) is 0 Å². The number of rotatable bonds is 3. The minimum absolute atomic E-state index is 0.451. The number of azo groups is 1. The van der Waals surface area contributed by atoms with Crippen molar-refractivity contribution in [3.63, 3.8) is 0 Å². The lowest BCUT2D eigenvalue weighted by Crippen LogP contribution is -2.29. The quantitative estimate of drug-likeness (QED) is 0.589. The highest BCUT2D eigenvalue weighted by Gasteiger charge is 2.31. The molecule has 0 aromatic heterocycles. The molecular formula is C18H21N5O. The maximum Gasteiger partial charge on any atom is 0.253 e. The predicted octanol–water partition coefficient (Wildman–Crippen LogP) is 2.34. The van der Waals surface area contributed by atoms with Crippen molar-refractivity contribution in [1.29, 1.82) is 0 Å². The van der Waals surface area contributed by atoms with Crippen LogP contribution in [0.25, 0.3) is 11.3 Å². The van der Waals surface area contributed by atoms with Crippen LogP contribution in [0.4, 0.5) is 0 Å². The molecule has 0 bridgehead atoms. The Hall–Kier alpha value is -2.60. The molecule has 0 radical (unpaired) electrons. The summed E-state index contributed by atoms with van der Waals surface area (Å²) >= 11 is 0. The first-order valence-corrected chi connectivity index (χ1v) is 8.40. The molecule has 0 atom stereocenters. The van der Waals surface area contributed by atoms with Crippen LogP contribution in [0.3, 0.4) is 0 Å². The highest BCUT2D eigenvalue weighted by molar-refractivity contribution is 5.77. The van der Waals surface area contributed by atoms with Crippen LogP contribution >= 0.6 is 0 Å². The van der Waals surface area contributed by atoms with Crippen LogP contribution in [0.5, 0.6) is 0 Å². The minimum Gasteiger partial charge on any atom is -0.594 e.